The largest absolute Gasteiger partial charge is 0.478 e. The zero-order valence-corrected chi connectivity index (χ0v) is 14.2. The number of methoxy groups -OCH3 is 2. The van der Waals surface area contributed by atoms with Crippen molar-refractivity contribution in [3.63, 3.8) is 0 Å². The van der Waals surface area contributed by atoms with Crippen molar-refractivity contribution in [1.82, 2.24) is 0 Å². The SMILES string of the molecule is COC(=O)/C=C(/Nc1ccc(-c2ccccc2C(=O)O)cc1)C(=O)OC. The second-order valence-corrected chi connectivity index (χ2v) is 5.13. The van der Waals surface area contributed by atoms with Gasteiger partial charge in [0.05, 0.1) is 25.9 Å². The monoisotopic (exact) mass is 355 g/mol. The molecule has 7 nitrogen and oxygen atoms in total. The molecule has 0 aromatic heterocycles. The number of carbonyl (C=O) groups excluding carboxylic acids is 2. The molecule has 0 radical (unpaired) electrons. The van der Waals surface area contributed by atoms with Gasteiger partial charge < -0.3 is 19.9 Å². The number of rotatable bonds is 6. The Morgan fingerprint density at radius 2 is 1.62 bits per heavy atom. The number of nitrogens with one attached hydrogen (secondary N) is 1. The zero-order valence-electron chi connectivity index (χ0n) is 14.2. The highest BCUT2D eigenvalue weighted by atomic mass is 16.5. The summed E-state index contributed by atoms with van der Waals surface area (Å²) in [5, 5.41) is 12.1. The summed E-state index contributed by atoms with van der Waals surface area (Å²) in [7, 11) is 2.39. The Bertz CT molecular complexity index is 855. The lowest BCUT2D eigenvalue weighted by molar-refractivity contribution is -0.138. The molecule has 7 heteroatoms. The summed E-state index contributed by atoms with van der Waals surface area (Å²) in [6.07, 6.45) is 0.986. The van der Waals surface area contributed by atoms with Crippen LogP contribution in [-0.4, -0.2) is 37.2 Å². The molecule has 0 bridgehead atoms. The predicted molar refractivity (Wildman–Crippen MR) is 94.6 cm³/mol. The molecule has 2 rings (SSSR count). The molecule has 2 aromatic carbocycles. The molecule has 0 aliphatic rings. The number of hydrogen-bond donors (Lipinski definition) is 2. The topological polar surface area (TPSA) is 102 Å². The number of hydrogen-bond acceptors (Lipinski definition) is 6. The van der Waals surface area contributed by atoms with Crippen LogP contribution in [0.5, 0.6) is 0 Å². The zero-order chi connectivity index (χ0) is 19.1. The standard InChI is InChI=1S/C19H17NO6/c1-25-17(21)11-16(19(24)26-2)20-13-9-7-12(8-10-13)14-5-3-4-6-15(14)18(22)23/h3-11,20H,1-2H3,(H,22,23)/b16-11+. The minimum absolute atomic E-state index is 0.0852. The van der Waals surface area contributed by atoms with Crippen LogP contribution in [0.4, 0.5) is 5.69 Å². The summed E-state index contributed by atoms with van der Waals surface area (Å²) in [5.41, 5.74) is 1.89. The van der Waals surface area contributed by atoms with E-state index in [1.165, 1.54) is 20.3 Å². The number of carbonyl (C=O) groups is 3. The third-order valence-corrected chi connectivity index (χ3v) is 3.50. The van der Waals surface area contributed by atoms with Gasteiger partial charge in [0.2, 0.25) is 0 Å². The van der Waals surface area contributed by atoms with Crippen LogP contribution in [-0.2, 0) is 19.1 Å². The van der Waals surface area contributed by atoms with Gasteiger partial charge in [-0.2, -0.15) is 0 Å². The van der Waals surface area contributed by atoms with E-state index < -0.39 is 17.9 Å². The maximum absolute atomic E-state index is 11.7. The van der Waals surface area contributed by atoms with Gasteiger partial charge in [-0.25, -0.2) is 14.4 Å². The van der Waals surface area contributed by atoms with E-state index >= 15 is 0 Å². The molecule has 26 heavy (non-hydrogen) atoms. The summed E-state index contributed by atoms with van der Waals surface area (Å²) in [5.74, 6) is -2.45. The van der Waals surface area contributed by atoms with E-state index in [1.54, 1.807) is 42.5 Å². The Morgan fingerprint density at radius 3 is 2.19 bits per heavy atom. The first-order chi connectivity index (χ1) is 12.5. The van der Waals surface area contributed by atoms with E-state index in [-0.39, 0.29) is 11.3 Å². The molecule has 0 amide bonds. The Labute approximate surface area is 149 Å². The van der Waals surface area contributed by atoms with Crippen molar-refractivity contribution in [1.29, 1.82) is 0 Å². The molecule has 0 fully saturated rings. The molecule has 2 N–H and O–H groups in total. The number of ether oxygens (including phenoxy) is 2. The summed E-state index contributed by atoms with van der Waals surface area (Å²) >= 11 is 0. The highest BCUT2D eigenvalue weighted by Gasteiger charge is 2.14. The highest BCUT2D eigenvalue weighted by molar-refractivity contribution is 5.99. The Hall–Kier alpha value is -3.61. The summed E-state index contributed by atoms with van der Waals surface area (Å²) in [4.78, 5) is 34.5. The molecule has 2 aromatic rings. The quantitative estimate of drug-likeness (QED) is 0.607. The lowest BCUT2D eigenvalue weighted by atomic mass is 9.99. The Kier molecular flexibility index (Phi) is 6.10. The van der Waals surface area contributed by atoms with Crippen LogP contribution in [0.1, 0.15) is 10.4 Å². The molecule has 0 heterocycles. The molecular formula is C19H17NO6. The molecule has 0 saturated carbocycles. The predicted octanol–water partition coefficient (Wildman–Crippen LogP) is 2.69. The number of esters is 2. The van der Waals surface area contributed by atoms with Gasteiger partial charge in [0.1, 0.15) is 5.70 Å². The first kappa shape index (κ1) is 18.7. The molecule has 0 aliphatic heterocycles. The van der Waals surface area contributed by atoms with Crippen LogP contribution in [0.2, 0.25) is 0 Å². The second kappa shape index (κ2) is 8.48. The fourth-order valence-corrected chi connectivity index (χ4v) is 2.24. The lowest BCUT2D eigenvalue weighted by Crippen LogP contribution is -2.15. The Balaban J connectivity index is 2.29. The fraction of sp³-hybridized carbons (Fsp3) is 0.105. The van der Waals surface area contributed by atoms with Gasteiger partial charge in [0.15, 0.2) is 0 Å². The summed E-state index contributed by atoms with van der Waals surface area (Å²) in [6, 6.07) is 13.4. The number of carboxylic acids is 1. The summed E-state index contributed by atoms with van der Waals surface area (Å²) < 4.78 is 9.13. The van der Waals surface area contributed by atoms with Gasteiger partial charge in [-0.1, -0.05) is 30.3 Å². The average molecular weight is 355 g/mol. The Morgan fingerprint density at radius 1 is 0.962 bits per heavy atom. The third-order valence-electron chi connectivity index (χ3n) is 3.50. The van der Waals surface area contributed by atoms with Crippen molar-refractivity contribution >= 4 is 23.6 Å². The van der Waals surface area contributed by atoms with Crippen molar-refractivity contribution in [2.24, 2.45) is 0 Å². The molecule has 0 spiro atoms. The van der Waals surface area contributed by atoms with Gasteiger partial charge in [0, 0.05) is 5.69 Å². The van der Waals surface area contributed by atoms with Crippen LogP contribution in [0.15, 0.2) is 60.3 Å². The fourth-order valence-electron chi connectivity index (χ4n) is 2.24. The highest BCUT2D eigenvalue weighted by Crippen LogP contribution is 2.25. The van der Waals surface area contributed by atoms with Gasteiger partial charge in [-0.05, 0) is 29.3 Å². The molecule has 0 saturated heterocycles. The minimum Gasteiger partial charge on any atom is -0.478 e. The van der Waals surface area contributed by atoms with Gasteiger partial charge in [-0.15, -0.1) is 0 Å². The van der Waals surface area contributed by atoms with Crippen molar-refractivity contribution in [2.45, 2.75) is 0 Å². The van der Waals surface area contributed by atoms with Crippen molar-refractivity contribution < 1.29 is 29.0 Å². The maximum atomic E-state index is 11.7. The molecule has 0 aliphatic carbocycles. The number of aromatic carboxylic acids is 1. The van der Waals surface area contributed by atoms with Crippen LogP contribution in [0.3, 0.4) is 0 Å². The number of anilines is 1. The van der Waals surface area contributed by atoms with E-state index in [1.807, 2.05) is 0 Å². The minimum atomic E-state index is -1.02. The smallest absolute Gasteiger partial charge is 0.354 e. The normalized spacial score (nSPS) is 10.8. The summed E-state index contributed by atoms with van der Waals surface area (Å²) in [6.45, 7) is 0. The van der Waals surface area contributed by atoms with E-state index in [0.717, 1.165) is 6.08 Å². The van der Waals surface area contributed by atoms with E-state index in [0.29, 0.717) is 16.8 Å². The van der Waals surface area contributed by atoms with Crippen LogP contribution >= 0.6 is 0 Å². The van der Waals surface area contributed by atoms with E-state index in [4.69, 9.17) is 0 Å². The van der Waals surface area contributed by atoms with E-state index in [9.17, 15) is 19.5 Å². The molecule has 0 unspecified atom stereocenters. The van der Waals surface area contributed by atoms with Gasteiger partial charge in [-0.3, -0.25) is 0 Å². The molecular weight excluding hydrogens is 338 g/mol. The maximum Gasteiger partial charge on any atom is 0.354 e. The molecule has 134 valence electrons. The lowest BCUT2D eigenvalue weighted by Gasteiger charge is -2.11. The first-order valence-corrected chi connectivity index (χ1v) is 7.54. The molecule has 0 atom stereocenters. The second-order valence-electron chi connectivity index (χ2n) is 5.13. The first-order valence-electron chi connectivity index (χ1n) is 7.54. The van der Waals surface area contributed by atoms with Crippen molar-refractivity contribution in [3.05, 3.63) is 65.9 Å². The van der Waals surface area contributed by atoms with Crippen molar-refractivity contribution in [3.8, 4) is 11.1 Å². The number of carboxylic acid groups (broad SMARTS) is 1. The number of benzene rings is 2. The van der Waals surface area contributed by atoms with Crippen LogP contribution in [0.25, 0.3) is 11.1 Å². The third kappa shape index (κ3) is 4.47. The van der Waals surface area contributed by atoms with Gasteiger partial charge >= 0.3 is 17.9 Å². The van der Waals surface area contributed by atoms with Crippen LogP contribution in [0, 0.1) is 0 Å². The van der Waals surface area contributed by atoms with Crippen LogP contribution < -0.4 is 5.32 Å². The van der Waals surface area contributed by atoms with E-state index in [2.05, 4.69) is 14.8 Å². The average Bonchev–Trinajstić information content (AvgIpc) is 2.67. The van der Waals surface area contributed by atoms with Gasteiger partial charge in [0.25, 0.3) is 0 Å². The van der Waals surface area contributed by atoms with Crippen molar-refractivity contribution in [2.75, 3.05) is 19.5 Å².